The Kier molecular flexibility index (Phi) is 7.33. The minimum Gasteiger partial charge on any atom is -0.388 e. The highest BCUT2D eigenvalue weighted by atomic mass is 31.2. The molecular weight excluding hydrogens is 310 g/mol. The van der Waals surface area contributed by atoms with Gasteiger partial charge >= 0.3 is 15.9 Å². The molecule has 19 heavy (non-hydrogen) atoms. The number of carbonyl (C=O) groups is 1. The van der Waals surface area contributed by atoms with Crippen molar-refractivity contribution in [3.8, 4) is 0 Å². The van der Waals surface area contributed by atoms with Gasteiger partial charge in [-0.15, -0.1) is 9.42 Å². The van der Waals surface area contributed by atoms with Gasteiger partial charge in [-0.05, 0) is 0 Å². The van der Waals surface area contributed by atoms with Gasteiger partial charge in [-0.1, -0.05) is 0 Å². The standard InChI is InChI=1S/C6H12O11P2/c7-2(1-17-18(12)13)3(8)4(9)5(10)6(11)19(14,15)16/h2-5,7-10H,1H2,(H2-,12,13,14,15,16)/p+1/t2-,3-,4+,5+/m1/s1. The van der Waals surface area contributed by atoms with Crippen LogP contribution in [-0.2, 0) is 18.4 Å². The van der Waals surface area contributed by atoms with Crippen molar-refractivity contribution in [2.24, 2.45) is 0 Å². The Morgan fingerprint density at radius 2 is 1.63 bits per heavy atom. The lowest BCUT2D eigenvalue weighted by Gasteiger charge is -2.24. The predicted molar refractivity (Wildman–Crippen MR) is 56.9 cm³/mol. The molecule has 0 saturated carbocycles. The maximum Gasteiger partial charge on any atom is 0.694 e. The van der Waals surface area contributed by atoms with E-state index in [0.29, 0.717) is 0 Å². The Labute approximate surface area is 107 Å². The van der Waals surface area contributed by atoms with Crippen LogP contribution in [0.5, 0.6) is 0 Å². The third-order valence-electron chi connectivity index (χ3n) is 1.96. The summed E-state index contributed by atoms with van der Waals surface area (Å²) in [7, 11) is -8.41. The fourth-order valence-electron chi connectivity index (χ4n) is 0.971. The highest BCUT2D eigenvalue weighted by Crippen LogP contribution is 2.37. The summed E-state index contributed by atoms with van der Waals surface area (Å²) < 4.78 is 24.7. The van der Waals surface area contributed by atoms with Crippen molar-refractivity contribution in [3.63, 3.8) is 0 Å². The van der Waals surface area contributed by atoms with Crippen LogP contribution in [0.3, 0.4) is 0 Å². The summed E-state index contributed by atoms with van der Waals surface area (Å²) in [6.07, 6.45) is -9.27. The van der Waals surface area contributed by atoms with E-state index >= 15 is 0 Å². The molecule has 1 unspecified atom stereocenters. The van der Waals surface area contributed by atoms with E-state index in [9.17, 15) is 29.2 Å². The average Bonchev–Trinajstić information content (AvgIpc) is 2.30. The quantitative estimate of drug-likeness (QED) is 0.222. The van der Waals surface area contributed by atoms with Crippen LogP contribution in [0, 0.1) is 0 Å². The molecular formula is C6H13O11P2+. The molecule has 0 rings (SSSR count). The van der Waals surface area contributed by atoms with Crippen molar-refractivity contribution >= 4 is 21.4 Å². The molecule has 11 nitrogen and oxygen atoms in total. The summed E-state index contributed by atoms with van der Waals surface area (Å²) in [6, 6.07) is 0. The minimum atomic E-state index is -5.33. The van der Waals surface area contributed by atoms with Crippen molar-refractivity contribution in [2.45, 2.75) is 24.4 Å². The first-order valence-corrected chi connectivity index (χ1v) is 7.34. The Morgan fingerprint density at radius 1 is 1.16 bits per heavy atom. The molecule has 0 radical (unpaired) electrons. The largest absolute Gasteiger partial charge is 0.694 e. The zero-order valence-electron chi connectivity index (χ0n) is 9.17. The van der Waals surface area contributed by atoms with Gasteiger partial charge in [-0.25, -0.2) is 0 Å². The summed E-state index contributed by atoms with van der Waals surface area (Å²) in [6.45, 7) is -0.916. The maximum atomic E-state index is 10.9. The molecule has 0 aliphatic carbocycles. The van der Waals surface area contributed by atoms with Gasteiger partial charge in [0.2, 0.25) is 0 Å². The number of aliphatic hydroxyl groups excluding tert-OH is 4. The molecule has 0 aromatic rings. The summed E-state index contributed by atoms with van der Waals surface area (Å²) in [4.78, 5) is 36.1. The Morgan fingerprint density at radius 3 is 2.00 bits per heavy atom. The summed E-state index contributed by atoms with van der Waals surface area (Å²) in [5.41, 5.74) is -2.04. The van der Waals surface area contributed by atoms with E-state index in [1.165, 1.54) is 0 Å². The van der Waals surface area contributed by atoms with E-state index in [1.807, 2.05) is 0 Å². The lowest BCUT2D eigenvalue weighted by Crippen LogP contribution is -2.48. The zero-order valence-corrected chi connectivity index (χ0v) is 11.0. The number of hydrogen-bond donors (Lipinski definition) is 7. The van der Waals surface area contributed by atoms with Crippen molar-refractivity contribution in [1.82, 2.24) is 0 Å². The molecule has 5 atom stereocenters. The Bertz CT molecular complexity index is 377. The third kappa shape index (κ3) is 6.11. The fourth-order valence-corrected chi connectivity index (χ4v) is 1.75. The molecule has 0 saturated heterocycles. The van der Waals surface area contributed by atoms with Gasteiger partial charge in [-0.2, -0.15) is 0 Å². The van der Waals surface area contributed by atoms with Crippen molar-refractivity contribution in [1.29, 1.82) is 0 Å². The lowest BCUT2D eigenvalue weighted by molar-refractivity contribution is -0.140. The van der Waals surface area contributed by atoms with E-state index in [1.54, 1.807) is 0 Å². The van der Waals surface area contributed by atoms with Crippen molar-refractivity contribution in [3.05, 3.63) is 0 Å². The van der Waals surface area contributed by atoms with E-state index < -0.39 is 52.4 Å². The normalized spacial score (nSPS) is 19.4. The molecule has 0 heterocycles. The average molecular weight is 323 g/mol. The topological polar surface area (TPSA) is 202 Å². The minimum absolute atomic E-state index is 0.916. The fraction of sp³-hybridized carbons (Fsp3) is 0.833. The second-order valence-corrected chi connectivity index (χ2v) is 5.67. The second kappa shape index (κ2) is 7.46. The van der Waals surface area contributed by atoms with E-state index in [0.717, 1.165) is 0 Å². The van der Waals surface area contributed by atoms with Gasteiger partial charge in [0.15, 0.2) is 6.10 Å². The molecule has 112 valence electrons. The molecule has 0 fully saturated rings. The van der Waals surface area contributed by atoms with E-state index in [4.69, 9.17) is 19.8 Å². The Balaban J connectivity index is 4.63. The van der Waals surface area contributed by atoms with Crippen LogP contribution in [0.15, 0.2) is 0 Å². The smallest absolute Gasteiger partial charge is 0.388 e. The van der Waals surface area contributed by atoms with Gasteiger partial charge in [0.1, 0.15) is 24.9 Å². The first-order valence-electron chi connectivity index (χ1n) is 4.59. The van der Waals surface area contributed by atoms with Gasteiger partial charge in [-0.3, -0.25) is 9.36 Å². The first-order chi connectivity index (χ1) is 8.48. The predicted octanol–water partition coefficient (Wildman–Crippen LogP) is -3.20. The zero-order chi connectivity index (χ0) is 15.4. The van der Waals surface area contributed by atoms with Gasteiger partial charge < -0.3 is 30.2 Å². The number of hydrogen-bond acceptors (Lipinski definition) is 8. The van der Waals surface area contributed by atoms with Gasteiger partial charge in [0, 0.05) is 4.57 Å². The molecule has 0 bridgehead atoms. The third-order valence-corrected chi connectivity index (χ3v) is 3.17. The summed E-state index contributed by atoms with van der Waals surface area (Å²) in [5, 5.41) is 36.8. The SMILES string of the molecule is O=C([C@@H](O)[C@@H](O)[C@H](O)[C@H](O)CO[P+](=O)O)P(=O)(O)O. The summed E-state index contributed by atoms with van der Waals surface area (Å²) >= 11 is 0. The molecule has 0 amide bonds. The van der Waals surface area contributed by atoms with Crippen LogP contribution >= 0.6 is 15.9 Å². The number of carbonyl (C=O) groups excluding carboxylic acids is 1. The van der Waals surface area contributed by atoms with Crippen LogP contribution in [0.2, 0.25) is 0 Å². The highest BCUT2D eigenvalue weighted by Gasteiger charge is 2.41. The van der Waals surface area contributed by atoms with Gasteiger partial charge in [0.25, 0.3) is 5.52 Å². The van der Waals surface area contributed by atoms with E-state index in [2.05, 4.69) is 4.52 Å². The van der Waals surface area contributed by atoms with Crippen LogP contribution < -0.4 is 0 Å². The molecule has 7 N–H and O–H groups in total. The monoisotopic (exact) mass is 323 g/mol. The second-order valence-electron chi connectivity index (χ2n) is 3.41. The number of aliphatic hydroxyl groups is 4. The van der Waals surface area contributed by atoms with Crippen LogP contribution in [-0.4, -0.2) is 71.7 Å². The summed E-state index contributed by atoms with van der Waals surface area (Å²) in [5.74, 6) is 0. The van der Waals surface area contributed by atoms with Crippen molar-refractivity contribution in [2.75, 3.05) is 6.61 Å². The molecule has 0 spiro atoms. The molecule has 0 aromatic carbocycles. The Hall–Kier alpha value is -0.320. The van der Waals surface area contributed by atoms with Gasteiger partial charge in [0.05, 0.1) is 0 Å². The lowest BCUT2D eigenvalue weighted by atomic mass is 10.0. The van der Waals surface area contributed by atoms with E-state index in [-0.39, 0.29) is 0 Å². The van der Waals surface area contributed by atoms with Crippen LogP contribution in [0.4, 0.5) is 0 Å². The number of rotatable bonds is 8. The molecule has 0 aromatic heterocycles. The molecule has 13 heteroatoms. The molecule has 0 aliphatic rings. The highest BCUT2D eigenvalue weighted by molar-refractivity contribution is 7.70. The molecule has 0 aliphatic heterocycles. The first kappa shape index (κ1) is 18.7. The maximum absolute atomic E-state index is 10.9. The van der Waals surface area contributed by atoms with Crippen molar-refractivity contribution < 1.29 is 53.6 Å². The van der Waals surface area contributed by atoms with Crippen LogP contribution in [0.1, 0.15) is 0 Å². The van der Waals surface area contributed by atoms with Crippen LogP contribution in [0.25, 0.3) is 0 Å².